The number of halogens is 1. The van der Waals surface area contributed by atoms with E-state index in [1.54, 1.807) is 32.4 Å². The zero-order valence-electron chi connectivity index (χ0n) is 11.7. The Hall–Kier alpha value is -2.34. The summed E-state index contributed by atoms with van der Waals surface area (Å²) in [4.78, 5) is 20.1. The monoisotopic (exact) mass is 306 g/mol. The van der Waals surface area contributed by atoms with E-state index in [0.29, 0.717) is 22.2 Å². The third-order valence-electron chi connectivity index (χ3n) is 2.84. The van der Waals surface area contributed by atoms with Crippen molar-refractivity contribution in [3.63, 3.8) is 0 Å². The number of aromatic nitrogens is 2. The van der Waals surface area contributed by atoms with Crippen molar-refractivity contribution in [3.05, 3.63) is 46.9 Å². The van der Waals surface area contributed by atoms with E-state index in [2.05, 4.69) is 20.6 Å². The molecule has 1 amide bonds. The van der Waals surface area contributed by atoms with Crippen LogP contribution in [0.4, 0.5) is 5.82 Å². The van der Waals surface area contributed by atoms with Crippen LogP contribution in [0.2, 0.25) is 5.02 Å². The van der Waals surface area contributed by atoms with Gasteiger partial charge in [-0.25, -0.2) is 4.98 Å². The molecule has 1 aromatic heterocycles. The van der Waals surface area contributed by atoms with Crippen LogP contribution in [0.1, 0.15) is 16.1 Å². The molecular weight excluding hydrogens is 292 g/mol. The Morgan fingerprint density at radius 2 is 2.19 bits per heavy atom. The lowest BCUT2D eigenvalue weighted by atomic mass is 10.2. The fourth-order valence-corrected chi connectivity index (χ4v) is 1.99. The number of ether oxygens (including phenoxy) is 1. The highest BCUT2D eigenvalue weighted by Gasteiger charge is 2.12. The van der Waals surface area contributed by atoms with Crippen LogP contribution in [-0.2, 0) is 6.54 Å². The number of methoxy groups -OCH3 is 1. The summed E-state index contributed by atoms with van der Waals surface area (Å²) in [5.41, 5.74) is 0.945. The first-order valence-corrected chi connectivity index (χ1v) is 6.63. The van der Waals surface area contributed by atoms with Gasteiger partial charge in [-0.15, -0.1) is 0 Å². The Bertz CT molecular complexity index is 649. The van der Waals surface area contributed by atoms with Gasteiger partial charge >= 0.3 is 0 Å². The predicted octanol–water partition coefficient (Wildman–Crippen LogP) is 2.11. The van der Waals surface area contributed by atoms with Crippen LogP contribution in [0.5, 0.6) is 5.75 Å². The van der Waals surface area contributed by atoms with E-state index in [1.165, 1.54) is 12.4 Å². The maximum Gasteiger partial charge on any atom is 0.271 e. The number of hydrogen-bond acceptors (Lipinski definition) is 5. The molecule has 0 unspecified atom stereocenters. The first-order chi connectivity index (χ1) is 10.2. The molecule has 0 saturated carbocycles. The van der Waals surface area contributed by atoms with Crippen LogP contribution >= 0.6 is 11.6 Å². The van der Waals surface area contributed by atoms with Crippen molar-refractivity contribution in [2.24, 2.45) is 0 Å². The topological polar surface area (TPSA) is 76.1 Å². The predicted molar refractivity (Wildman–Crippen MR) is 80.8 cm³/mol. The fraction of sp³-hybridized carbons (Fsp3) is 0.214. The van der Waals surface area contributed by atoms with Crippen LogP contribution in [0.3, 0.4) is 0 Å². The molecule has 0 atom stereocenters. The molecule has 0 aliphatic carbocycles. The molecule has 1 aromatic carbocycles. The number of rotatable bonds is 5. The molecule has 0 aliphatic rings. The van der Waals surface area contributed by atoms with E-state index in [0.717, 1.165) is 0 Å². The second-order valence-corrected chi connectivity index (χ2v) is 4.55. The molecule has 2 N–H and O–H groups in total. The largest absolute Gasteiger partial charge is 0.496 e. The van der Waals surface area contributed by atoms with Gasteiger partial charge in [0.25, 0.3) is 5.91 Å². The Morgan fingerprint density at radius 3 is 2.90 bits per heavy atom. The average Bonchev–Trinajstić information content (AvgIpc) is 2.53. The van der Waals surface area contributed by atoms with Gasteiger partial charge in [-0.05, 0) is 12.1 Å². The van der Waals surface area contributed by atoms with Crippen molar-refractivity contribution < 1.29 is 9.53 Å². The average molecular weight is 307 g/mol. The van der Waals surface area contributed by atoms with Crippen molar-refractivity contribution in [1.82, 2.24) is 15.3 Å². The Labute approximate surface area is 127 Å². The van der Waals surface area contributed by atoms with Gasteiger partial charge < -0.3 is 15.4 Å². The number of carbonyl (C=O) groups is 1. The van der Waals surface area contributed by atoms with E-state index >= 15 is 0 Å². The summed E-state index contributed by atoms with van der Waals surface area (Å²) in [6, 6.07) is 5.32. The summed E-state index contributed by atoms with van der Waals surface area (Å²) in [5.74, 6) is 0.817. The van der Waals surface area contributed by atoms with Crippen LogP contribution in [0, 0.1) is 0 Å². The van der Waals surface area contributed by atoms with Gasteiger partial charge in [-0.1, -0.05) is 17.7 Å². The molecule has 6 nitrogen and oxygen atoms in total. The molecule has 2 aromatic rings. The summed E-state index contributed by atoms with van der Waals surface area (Å²) in [6.07, 6.45) is 2.94. The van der Waals surface area contributed by atoms with Gasteiger partial charge in [-0.2, -0.15) is 0 Å². The maximum atomic E-state index is 12.1. The highest BCUT2D eigenvalue weighted by Crippen LogP contribution is 2.25. The molecule has 110 valence electrons. The first kappa shape index (κ1) is 15.1. The number of nitrogens with one attached hydrogen (secondary N) is 2. The number of hydrogen-bond donors (Lipinski definition) is 2. The van der Waals surface area contributed by atoms with Crippen molar-refractivity contribution in [2.45, 2.75) is 6.54 Å². The lowest BCUT2D eigenvalue weighted by Crippen LogP contribution is -2.24. The van der Waals surface area contributed by atoms with E-state index in [9.17, 15) is 4.79 Å². The second-order valence-electron chi connectivity index (χ2n) is 4.14. The van der Waals surface area contributed by atoms with Gasteiger partial charge in [0.05, 0.1) is 19.5 Å². The quantitative estimate of drug-likeness (QED) is 0.885. The summed E-state index contributed by atoms with van der Waals surface area (Å²) in [5, 5.41) is 6.11. The highest BCUT2D eigenvalue weighted by molar-refractivity contribution is 6.31. The minimum absolute atomic E-state index is 0.230. The van der Waals surface area contributed by atoms with Crippen molar-refractivity contribution in [3.8, 4) is 5.75 Å². The molecule has 1 heterocycles. The normalized spacial score (nSPS) is 10.0. The Morgan fingerprint density at radius 1 is 1.38 bits per heavy atom. The Kier molecular flexibility index (Phi) is 4.94. The van der Waals surface area contributed by atoms with Gasteiger partial charge in [0, 0.05) is 24.2 Å². The third-order valence-corrected chi connectivity index (χ3v) is 3.20. The van der Waals surface area contributed by atoms with Crippen molar-refractivity contribution in [2.75, 3.05) is 19.5 Å². The van der Waals surface area contributed by atoms with Crippen molar-refractivity contribution >= 4 is 23.3 Å². The van der Waals surface area contributed by atoms with Crippen molar-refractivity contribution in [1.29, 1.82) is 0 Å². The maximum absolute atomic E-state index is 12.1. The second kappa shape index (κ2) is 6.90. The summed E-state index contributed by atoms with van der Waals surface area (Å²) >= 11 is 6.12. The molecule has 0 saturated heterocycles. The standard InChI is InChI=1S/C14H15ClN4O2/c1-16-13-8-17-7-11(19-13)14(20)18-6-9-10(15)4-3-5-12(9)21-2/h3-5,7-8H,6H2,1-2H3,(H,16,19)(H,18,20). The molecular formula is C14H15ClN4O2. The number of nitrogens with zero attached hydrogens (tertiary/aromatic N) is 2. The highest BCUT2D eigenvalue weighted by atomic mass is 35.5. The lowest BCUT2D eigenvalue weighted by molar-refractivity contribution is 0.0945. The third kappa shape index (κ3) is 3.61. The zero-order chi connectivity index (χ0) is 15.2. The fourth-order valence-electron chi connectivity index (χ4n) is 1.76. The van der Waals surface area contributed by atoms with Gasteiger partial charge in [0.1, 0.15) is 17.3 Å². The molecule has 0 aliphatic heterocycles. The smallest absolute Gasteiger partial charge is 0.271 e. The number of anilines is 1. The first-order valence-electron chi connectivity index (χ1n) is 6.25. The minimum Gasteiger partial charge on any atom is -0.496 e. The molecule has 21 heavy (non-hydrogen) atoms. The Balaban J connectivity index is 2.11. The zero-order valence-corrected chi connectivity index (χ0v) is 12.4. The summed E-state index contributed by atoms with van der Waals surface area (Å²) in [7, 11) is 3.26. The SMILES string of the molecule is CNc1cncc(C(=O)NCc2c(Cl)cccc2OC)n1. The molecule has 7 heteroatoms. The van der Waals surface area contributed by atoms with Gasteiger partial charge in [0.2, 0.25) is 0 Å². The molecule has 0 bridgehead atoms. The van der Waals surface area contributed by atoms with Crippen LogP contribution < -0.4 is 15.4 Å². The minimum atomic E-state index is -0.332. The van der Waals surface area contributed by atoms with E-state index in [-0.39, 0.29) is 18.1 Å². The van der Waals surface area contributed by atoms with Crippen LogP contribution in [0.25, 0.3) is 0 Å². The van der Waals surface area contributed by atoms with E-state index in [1.807, 2.05) is 0 Å². The number of carbonyl (C=O) groups excluding carboxylic acids is 1. The number of amides is 1. The van der Waals surface area contributed by atoms with Crippen LogP contribution in [0.15, 0.2) is 30.6 Å². The number of benzene rings is 1. The summed E-state index contributed by atoms with van der Waals surface area (Å²) in [6.45, 7) is 0.243. The molecule has 0 fully saturated rings. The molecule has 2 rings (SSSR count). The van der Waals surface area contributed by atoms with Gasteiger partial charge in [-0.3, -0.25) is 9.78 Å². The van der Waals surface area contributed by atoms with Gasteiger partial charge in [0.15, 0.2) is 0 Å². The summed E-state index contributed by atoms with van der Waals surface area (Å²) < 4.78 is 5.23. The van der Waals surface area contributed by atoms with E-state index in [4.69, 9.17) is 16.3 Å². The molecule has 0 radical (unpaired) electrons. The van der Waals surface area contributed by atoms with E-state index < -0.39 is 0 Å². The van der Waals surface area contributed by atoms with Crippen LogP contribution in [-0.4, -0.2) is 30.0 Å². The lowest BCUT2D eigenvalue weighted by Gasteiger charge is -2.11. The molecule has 0 spiro atoms.